The molecule has 0 spiro atoms. The summed E-state index contributed by atoms with van der Waals surface area (Å²) in [6, 6.07) is 16.5. The van der Waals surface area contributed by atoms with E-state index in [0.29, 0.717) is 0 Å². The second kappa shape index (κ2) is 8.06. The van der Waals surface area contributed by atoms with Gasteiger partial charge in [-0.15, -0.1) is 0 Å². The van der Waals surface area contributed by atoms with Gasteiger partial charge in [-0.2, -0.15) is 0 Å². The summed E-state index contributed by atoms with van der Waals surface area (Å²) in [5.41, 5.74) is 2.46. The zero-order valence-corrected chi connectivity index (χ0v) is 13.4. The summed E-state index contributed by atoms with van der Waals surface area (Å²) in [6.07, 6.45) is 1.02. The molecule has 2 aromatic carbocycles. The number of nitrogens with one attached hydrogen (secondary N) is 1. The molecular weight excluding hydrogens is 282 g/mol. The average molecular weight is 304 g/mol. The first-order chi connectivity index (χ1) is 10.2. The van der Waals surface area contributed by atoms with Crippen molar-refractivity contribution in [2.75, 3.05) is 6.61 Å². The van der Waals surface area contributed by atoms with Gasteiger partial charge in [0.05, 0.1) is 6.61 Å². The molecule has 0 bridgehead atoms. The third-order valence-corrected chi connectivity index (χ3v) is 3.61. The lowest BCUT2D eigenvalue weighted by atomic mass is 10.1. The smallest absolute Gasteiger partial charge is 0.119 e. The molecule has 0 saturated heterocycles. The molecule has 3 heteroatoms. The van der Waals surface area contributed by atoms with Gasteiger partial charge in [-0.3, -0.25) is 0 Å². The van der Waals surface area contributed by atoms with E-state index < -0.39 is 0 Å². The highest BCUT2D eigenvalue weighted by Crippen LogP contribution is 2.18. The number of hydrogen-bond donors (Lipinski definition) is 1. The molecule has 0 heterocycles. The number of ether oxygens (including phenoxy) is 1. The van der Waals surface area contributed by atoms with Crippen LogP contribution in [0.2, 0.25) is 5.02 Å². The largest absolute Gasteiger partial charge is 0.494 e. The highest BCUT2D eigenvalue weighted by Gasteiger charge is 2.05. The zero-order valence-electron chi connectivity index (χ0n) is 12.6. The lowest BCUT2D eigenvalue weighted by Gasteiger charge is -2.15. The Balaban J connectivity index is 1.91. The van der Waals surface area contributed by atoms with Crippen molar-refractivity contribution in [2.45, 2.75) is 32.9 Å². The molecule has 2 rings (SSSR count). The van der Waals surface area contributed by atoms with Crippen molar-refractivity contribution in [2.24, 2.45) is 0 Å². The summed E-state index contributed by atoms with van der Waals surface area (Å²) in [5, 5.41) is 4.29. The molecule has 0 aliphatic heterocycles. The second-order valence-corrected chi connectivity index (χ2v) is 5.59. The number of rotatable bonds is 7. The topological polar surface area (TPSA) is 21.3 Å². The fraction of sp³-hybridized carbons (Fsp3) is 0.333. The van der Waals surface area contributed by atoms with Crippen molar-refractivity contribution >= 4 is 11.6 Å². The Morgan fingerprint density at radius 1 is 1.14 bits per heavy atom. The molecule has 1 N–H and O–H groups in total. The highest BCUT2D eigenvalue weighted by molar-refractivity contribution is 6.30. The van der Waals surface area contributed by atoms with Crippen LogP contribution in [0.1, 0.15) is 37.4 Å². The van der Waals surface area contributed by atoms with Crippen molar-refractivity contribution < 1.29 is 4.74 Å². The van der Waals surface area contributed by atoms with Crippen molar-refractivity contribution in [1.29, 1.82) is 0 Å². The molecule has 0 saturated carbocycles. The Bertz CT molecular complexity index is 553. The van der Waals surface area contributed by atoms with Crippen LogP contribution in [-0.4, -0.2) is 6.61 Å². The normalized spacial score (nSPS) is 12.1. The van der Waals surface area contributed by atoms with Crippen molar-refractivity contribution in [1.82, 2.24) is 5.32 Å². The van der Waals surface area contributed by atoms with Gasteiger partial charge in [0.2, 0.25) is 0 Å². The first-order valence-corrected chi connectivity index (χ1v) is 7.77. The Morgan fingerprint density at radius 3 is 2.62 bits per heavy atom. The van der Waals surface area contributed by atoms with Gasteiger partial charge in [0.25, 0.3) is 0 Å². The Hall–Kier alpha value is -1.51. The summed E-state index contributed by atoms with van der Waals surface area (Å²) in [7, 11) is 0. The molecule has 0 aliphatic rings. The van der Waals surface area contributed by atoms with Gasteiger partial charge in [0, 0.05) is 17.6 Å². The van der Waals surface area contributed by atoms with Crippen LogP contribution in [0.3, 0.4) is 0 Å². The van der Waals surface area contributed by atoms with E-state index in [1.165, 1.54) is 11.1 Å². The maximum absolute atomic E-state index is 5.91. The van der Waals surface area contributed by atoms with E-state index in [1.54, 1.807) is 0 Å². The Morgan fingerprint density at radius 2 is 1.90 bits per heavy atom. The van der Waals surface area contributed by atoms with Gasteiger partial charge < -0.3 is 10.1 Å². The molecule has 2 nitrogen and oxygen atoms in total. The number of halogens is 1. The van der Waals surface area contributed by atoms with Crippen LogP contribution in [0.25, 0.3) is 0 Å². The minimum absolute atomic E-state index is 0.280. The highest BCUT2D eigenvalue weighted by atomic mass is 35.5. The van der Waals surface area contributed by atoms with Crippen LogP contribution in [-0.2, 0) is 6.54 Å². The Labute approximate surface area is 132 Å². The van der Waals surface area contributed by atoms with Gasteiger partial charge in [-0.25, -0.2) is 0 Å². The quantitative estimate of drug-likeness (QED) is 0.779. The summed E-state index contributed by atoms with van der Waals surface area (Å²) < 4.78 is 5.66. The molecule has 0 radical (unpaired) electrons. The Kier molecular flexibility index (Phi) is 6.09. The minimum atomic E-state index is 0.280. The lowest BCUT2D eigenvalue weighted by molar-refractivity contribution is 0.317. The van der Waals surface area contributed by atoms with E-state index in [9.17, 15) is 0 Å². The molecule has 2 aromatic rings. The van der Waals surface area contributed by atoms with Gasteiger partial charge in [0.1, 0.15) is 5.75 Å². The van der Waals surface area contributed by atoms with Crippen molar-refractivity contribution in [3.63, 3.8) is 0 Å². The molecule has 1 atom stereocenters. The molecule has 21 heavy (non-hydrogen) atoms. The maximum atomic E-state index is 5.91. The summed E-state index contributed by atoms with van der Waals surface area (Å²) in [4.78, 5) is 0. The third-order valence-electron chi connectivity index (χ3n) is 3.35. The van der Waals surface area contributed by atoms with Crippen LogP contribution in [0.5, 0.6) is 5.75 Å². The van der Waals surface area contributed by atoms with Gasteiger partial charge in [-0.1, -0.05) is 42.8 Å². The number of benzene rings is 2. The lowest BCUT2D eigenvalue weighted by Crippen LogP contribution is -2.18. The average Bonchev–Trinajstić information content (AvgIpc) is 2.52. The first kappa shape index (κ1) is 15.9. The van der Waals surface area contributed by atoms with Crippen molar-refractivity contribution in [3.8, 4) is 5.75 Å². The van der Waals surface area contributed by atoms with E-state index in [0.717, 1.165) is 30.3 Å². The van der Waals surface area contributed by atoms with Crippen LogP contribution in [0, 0.1) is 0 Å². The molecule has 0 fully saturated rings. The van der Waals surface area contributed by atoms with E-state index in [4.69, 9.17) is 16.3 Å². The second-order valence-electron chi connectivity index (χ2n) is 5.15. The van der Waals surface area contributed by atoms with Gasteiger partial charge >= 0.3 is 0 Å². The van der Waals surface area contributed by atoms with Crippen LogP contribution in [0.4, 0.5) is 0 Å². The molecule has 112 valence electrons. The fourth-order valence-corrected chi connectivity index (χ4v) is 2.23. The predicted octanol–water partition coefficient (Wildman–Crippen LogP) is 4.98. The monoisotopic (exact) mass is 303 g/mol. The van der Waals surface area contributed by atoms with Gasteiger partial charge in [-0.05, 0) is 48.7 Å². The van der Waals surface area contributed by atoms with Crippen molar-refractivity contribution in [3.05, 3.63) is 64.7 Å². The zero-order chi connectivity index (χ0) is 15.1. The summed E-state index contributed by atoms with van der Waals surface area (Å²) in [5.74, 6) is 0.940. The standard InChI is InChI=1S/C18H22ClNO/c1-3-11-21-18-6-4-5-15(12-18)13-20-14(2)16-7-9-17(19)10-8-16/h4-10,12,14,20H,3,11,13H2,1-2H3/t14-/m0/s1. The first-order valence-electron chi connectivity index (χ1n) is 7.39. The molecule has 0 aromatic heterocycles. The number of hydrogen-bond acceptors (Lipinski definition) is 2. The predicted molar refractivity (Wildman–Crippen MR) is 88.9 cm³/mol. The minimum Gasteiger partial charge on any atom is -0.494 e. The molecule has 0 aliphatic carbocycles. The van der Waals surface area contributed by atoms with E-state index in [-0.39, 0.29) is 6.04 Å². The SMILES string of the molecule is CCCOc1cccc(CN[C@@H](C)c2ccc(Cl)cc2)c1. The van der Waals surface area contributed by atoms with Crippen LogP contribution >= 0.6 is 11.6 Å². The van der Waals surface area contributed by atoms with Gasteiger partial charge in [0.15, 0.2) is 0 Å². The van der Waals surface area contributed by atoms with E-state index in [1.807, 2.05) is 24.3 Å². The molecule has 0 amide bonds. The van der Waals surface area contributed by atoms with E-state index in [2.05, 4.69) is 43.4 Å². The molecule has 0 unspecified atom stereocenters. The van der Waals surface area contributed by atoms with Crippen LogP contribution in [0.15, 0.2) is 48.5 Å². The molecular formula is C18H22ClNO. The summed E-state index contributed by atoms with van der Waals surface area (Å²) >= 11 is 5.91. The maximum Gasteiger partial charge on any atom is 0.119 e. The van der Waals surface area contributed by atoms with Crippen LogP contribution < -0.4 is 10.1 Å². The third kappa shape index (κ3) is 5.07. The summed E-state index contributed by atoms with van der Waals surface area (Å²) in [6.45, 7) is 5.84. The fourth-order valence-electron chi connectivity index (χ4n) is 2.11. The van der Waals surface area contributed by atoms with E-state index >= 15 is 0 Å².